The van der Waals surface area contributed by atoms with Crippen LogP contribution in [0.4, 0.5) is 5.69 Å². The van der Waals surface area contributed by atoms with Crippen LogP contribution in [0.5, 0.6) is 0 Å². The fourth-order valence-electron chi connectivity index (χ4n) is 2.89. The summed E-state index contributed by atoms with van der Waals surface area (Å²) < 4.78 is 32.2. The van der Waals surface area contributed by atoms with E-state index in [9.17, 15) is 13.2 Å². The largest absolute Gasteiger partial charge is 0.411 e. The molecular formula is C21H24N4O4S2. The molecule has 3 rings (SSSR count). The van der Waals surface area contributed by atoms with Gasteiger partial charge in [0.05, 0.1) is 10.6 Å². The second-order valence-electron chi connectivity index (χ2n) is 6.64. The summed E-state index contributed by atoms with van der Waals surface area (Å²) in [6, 6.07) is 13.8. The molecule has 0 saturated carbocycles. The van der Waals surface area contributed by atoms with Gasteiger partial charge in [-0.15, -0.1) is 10.2 Å². The number of aryl methyl sites for hydroxylation is 1. The van der Waals surface area contributed by atoms with Crippen LogP contribution in [0, 0.1) is 6.92 Å². The topological polar surface area (TPSA) is 105 Å². The predicted octanol–water partition coefficient (Wildman–Crippen LogP) is 3.81. The number of para-hydroxylation sites is 1. The lowest BCUT2D eigenvalue weighted by Gasteiger charge is -2.18. The first kappa shape index (κ1) is 23.0. The molecular weight excluding hydrogens is 436 g/mol. The van der Waals surface area contributed by atoms with E-state index in [1.165, 1.54) is 16.4 Å². The third kappa shape index (κ3) is 5.52. The van der Waals surface area contributed by atoms with E-state index in [2.05, 4.69) is 15.5 Å². The Morgan fingerprint density at radius 2 is 1.74 bits per heavy atom. The molecule has 10 heteroatoms. The van der Waals surface area contributed by atoms with Gasteiger partial charge in [0, 0.05) is 24.3 Å². The number of carbonyl (C=O) groups is 1. The van der Waals surface area contributed by atoms with E-state index in [4.69, 9.17) is 4.42 Å². The van der Waals surface area contributed by atoms with Crippen molar-refractivity contribution in [1.82, 2.24) is 14.5 Å². The van der Waals surface area contributed by atoms with Crippen molar-refractivity contribution in [3.05, 3.63) is 54.1 Å². The monoisotopic (exact) mass is 460 g/mol. The Bertz CT molecular complexity index is 1140. The van der Waals surface area contributed by atoms with Crippen LogP contribution in [0.25, 0.3) is 11.5 Å². The number of nitrogens with zero attached hydrogens (tertiary/aromatic N) is 3. The summed E-state index contributed by atoms with van der Waals surface area (Å²) in [6.45, 7) is 6.33. The van der Waals surface area contributed by atoms with E-state index < -0.39 is 10.0 Å². The van der Waals surface area contributed by atoms with E-state index in [1.807, 2.05) is 31.2 Å². The molecule has 2 aromatic carbocycles. The lowest BCUT2D eigenvalue weighted by atomic mass is 10.2. The second kappa shape index (κ2) is 10.1. The van der Waals surface area contributed by atoms with Crippen LogP contribution >= 0.6 is 11.8 Å². The van der Waals surface area contributed by atoms with Crippen molar-refractivity contribution < 1.29 is 17.6 Å². The number of rotatable bonds is 9. The van der Waals surface area contributed by atoms with Crippen LogP contribution in [-0.4, -0.2) is 47.7 Å². The minimum atomic E-state index is -3.52. The van der Waals surface area contributed by atoms with E-state index in [-0.39, 0.29) is 27.7 Å². The third-order valence-electron chi connectivity index (χ3n) is 4.60. The maximum atomic E-state index is 12.6. The average Bonchev–Trinajstić information content (AvgIpc) is 3.24. The lowest BCUT2D eigenvalue weighted by Crippen LogP contribution is -2.30. The molecule has 1 heterocycles. The van der Waals surface area contributed by atoms with Crippen molar-refractivity contribution in [2.45, 2.75) is 30.9 Å². The van der Waals surface area contributed by atoms with Crippen LogP contribution < -0.4 is 5.32 Å². The fourth-order valence-corrected chi connectivity index (χ4v) is 4.91. The maximum Gasteiger partial charge on any atom is 0.277 e. The number of amides is 1. The van der Waals surface area contributed by atoms with Gasteiger partial charge >= 0.3 is 0 Å². The molecule has 0 aliphatic heterocycles. The molecule has 1 amide bonds. The van der Waals surface area contributed by atoms with Crippen molar-refractivity contribution in [1.29, 1.82) is 0 Å². The number of carbonyl (C=O) groups excluding carboxylic acids is 1. The second-order valence-corrected chi connectivity index (χ2v) is 9.50. The van der Waals surface area contributed by atoms with Crippen LogP contribution in [0.15, 0.2) is 63.1 Å². The molecule has 0 radical (unpaired) electrons. The number of sulfonamides is 1. The zero-order valence-electron chi connectivity index (χ0n) is 17.5. The minimum Gasteiger partial charge on any atom is -0.411 e. The molecule has 0 bridgehead atoms. The summed E-state index contributed by atoms with van der Waals surface area (Å²) in [5.74, 6) is 0.204. The summed E-state index contributed by atoms with van der Waals surface area (Å²) in [4.78, 5) is 12.4. The molecule has 164 valence electrons. The van der Waals surface area contributed by atoms with Gasteiger partial charge in [-0.05, 0) is 42.8 Å². The quantitative estimate of drug-likeness (QED) is 0.484. The molecule has 0 aliphatic carbocycles. The van der Waals surface area contributed by atoms with Gasteiger partial charge in [0.2, 0.25) is 21.8 Å². The zero-order valence-corrected chi connectivity index (χ0v) is 19.2. The normalized spacial score (nSPS) is 11.6. The molecule has 1 aromatic heterocycles. The maximum absolute atomic E-state index is 12.6. The number of anilines is 1. The smallest absolute Gasteiger partial charge is 0.277 e. The van der Waals surface area contributed by atoms with E-state index in [0.717, 1.165) is 23.0 Å². The Morgan fingerprint density at radius 3 is 2.39 bits per heavy atom. The Labute approximate surface area is 186 Å². The van der Waals surface area contributed by atoms with Crippen molar-refractivity contribution in [3.63, 3.8) is 0 Å². The third-order valence-corrected chi connectivity index (χ3v) is 7.48. The molecule has 31 heavy (non-hydrogen) atoms. The zero-order chi connectivity index (χ0) is 22.4. The van der Waals surface area contributed by atoms with E-state index in [0.29, 0.717) is 18.7 Å². The molecule has 1 N–H and O–H groups in total. The van der Waals surface area contributed by atoms with Gasteiger partial charge in [-0.3, -0.25) is 4.79 Å². The minimum absolute atomic E-state index is 0.122. The Morgan fingerprint density at radius 1 is 1.06 bits per heavy atom. The highest BCUT2D eigenvalue weighted by Crippen LogP contribution is 2.25. The van der Waals surface area contributed by atoms with Crippen LogP contribution in [0.1, 0.15) is 19.4 Å². The molecule has 3 aromatic rings. The lowest BCUT2D eigenvalue weighted by molar-refractivity contribution is -0.113. The van der Waals surface area contributed by atoms with Gasteiger partial charge in [0.1, 0.15) is 0 Å². The number of hydrogen-bond acceptors (Lipinski definition) is 7. The van der Waals surface area contributed by atoms with E-state index >= 15 is 0 Å². The first-order chi connectivity index (χ1) is 14.8. The molecule has 0 spiro atoms. The number of thioether (sulfide) groups is 1. The van der Waals surface area contributed by atoms with Gasteiger partial charge in [-0.1, -0.05) is 43.8 Å². The summed E-state index contributed by atoms with van der Waals surface area (Å²) in [5.41, 5.74) is 2.34. The highest BCUT2D eigenvalue weighted by atomic mass is 32.2. The standard InChI is InChI=1S/C21H24N4O4S2/c1-4-25(5-2)31(27,28)17-12-10-16(11-13-17)20-23-24-21(29-20)30-14-19(26)22-18-9-7-6-8-15(18)3/h6-13H,4-5,14H2,1-3H3,(H,22,26). The number of aromatic nitrogens is 2. The van der Waals surface area contributed by atoms with Crippen LogP contribution in [0.3, 0.4) is 0 Å². The van der Waals surface area contributed by atoms with E-state index in [1.54, 1.807) is 26.0 Å². The molecule has 0 saturated heterocycles. The van der Waals surface area contributed by atoms with Gasteiger partial charge in [0.25, 0.3) is 5.22 Å². The van der Waals surface area contributed by atoms with Crippen LogP contribution in [-0.2, 0) is 14.8 Å². The number of nitrogens with one attached hydrogen (secondary N) is 1. The van der Waals surface area contributed by atoms with Gasteiger partial charge < -0.3 is 9.73 Å². The van der Waals surface area contributed by atoms with Gasteiger partial charge in [0.15, 0.2) is 0 Å². The summed E-state index contributed by atoms with van der Waals surface area (Å²) in [7, 11) is -3.52. The van der Waals surface area contributed by atoms with Crippen molar-refractivity contribution in [2.24, 2.45) is 0 Å². The first-order valence-electron chi connectivity index (χ1n) is 9.77. The van der Waals surface area contributed by atoms with Crippen LogP contribution in [0.2, 0.25) is 0 Å². The molecule has 8 nitrogen and oxygen atoms in total. The molecule has 0 fully saturated rings. The first-order valence-corrected chi connectivity index (χ1v) is 12.2. The Kier molecular flexibility index (Phi) is 7.47. The van der Waals surface area contributed by atoms with Gasteiger partial charge in [-0.2, -0.15) is 4.31 Å². The number of hydrogen-bond donors (Lipinski definition) is 1. The molecule has 0 unspecified atom stereocenters. The average molecular weight is 461 g/mol. The summed E-state index contributed by atoms with van der Waals surface area (Å²) >= 11 is 1.13. The summed E-state index contributed by atoms with van der Waals surface area (Å²) in [5, 5.41) is 11.1. The Hall–Kier alpha value is -2.69. The fraction of sp³-hybridized carbons (Fsp3) is 0.286. The Balaban J connectivity index is 1.63. The predicted molar refractivity (Wildman–Crippen MR) is 120 cm³/mol. The SMILES string of the molecule is CCN(CC)S(=O)(=O)c1ccc(-c2nnc(SCC(=O)Nc3ccccc3C)o2)cc1. The van der Waals surface area contributed by atoms with Crippen molar-refractivity contribution in [3.8, 4) is 11.5 Å². The van der Waals surface area contributed by atoms with Crippen molar-refractivity contribution >= 4 is 33.4 Å². The van der Waals surface area contributed by atoms with Gasteiger partial charge in [-0.25, -0.2) is 8.42 Å². The highest BCUT2D eigenvalue weighted by molar-refractivity contribution is 7.99. The highest BCUT2D eigenvalue weighted by Gasteiger charge is 2.21. The van der Waals surface area contributed by atoms with Crippen molar-refractivity contribution in [2.75, 3.05) is 24.2 Å². The molecule has 0 aliphatic rings. The number of benzene rings is 2. The summed E-state index contributed by atoms with van der Waals surface area (Å²) in [6.07, 6.45) is 0. The molecule has 0 atom stereocenters.